The second-order valence-electron chi connectivity index (χ2n) is 4.48. The van der Waals surface area contributed by atoms with Crippen molar-refractivity contribution in [1.82, 2.24) is 5.32 Å². The number of hydrogen-bond donors (Lipinski definition) is 2. The zero-order valence-corrected chi connectivity index (χ0v) is 11.6. The van der Waals surface area contributed by atoms with E-state index in [1.54, 1.807) is 18.2 Å². The number of fused-ring (bicyclic) bond motifs is 1. The normalized spacial score (nSPS) is 14.9. The van der Waals surface area contributed by atoms with Gasteiger partial charge in [0.05, 0.1) is 19.8 Å². The minimum absolute atomic E-state index is 0.112. The van der Waals surface area contributed by atoms with Crippen molar-refractivity contribution in [3.63, 3.8) is 0 Å². The topological polar surface area (TPSA) is 94.1 Å². The molecule has 0 aromatic heterocycles. The molecule has 1 aromatic rings. The number of carbonyl (C=O) groups is 2. The molecule has 0 saturated heterocycles. The van der Waals surface area contributed by atoms with Crippen molar-refractivity contribution in [2.45, 2.75) is 12.5 Å². The molecule has 0 bridgehead atoms. The van der Waals surface area contributed by atoms with Crippen LogP contribution in [0.2, 0.25) is 0 Å². The fraction of sp³-hybridized carbons (Fsp3) is 0.429. The number of carboxylic acid groups (broad SMARTS) is 1. The number of amides is 1. The molecule has 1 aromatic carbocycles. The van der Waals surface area contributed by atoms with Crippen LogP contribution in [-0.4, -0.2) is 50.0 Å². The van der Waals surface area contributed by atoms with Gasteiger partial charge in [-0.3, -0.25) is 4.79 Å². The molecule has 0 radical (unpaired) electrons. The molecule has 2 rings (SSSR count). The first-order valence-electron chi connectivity index (χ1n) is 6.55. The number of ether oxygens (including phenoxy) is 3. The summed E-state index contributed by atoms with van der Waals surface area (Å²) in [6.45, 7) is 0.995. The number of aliphatic carboxylic acids is 1. The molecule has 0 spiro atoms. The van der Waals surface area contributed by atoms with E-state index in [1.165, 1.54) is 7.11 Å². The van der Waals surface area contributed by atoms with Gasteiger partial charge in [-0.2, -0.15) is 0 Å². The maximum absolute atomic E-state index is 12.0. The fourth-order valence-corrected chi connectivity index (χ4v) is 1.86. The lowest BCUT2D eigenvalue weighted by atomic mass is 10.2. The quantitative estimate of drug-likeness (QED) is 0.829. The van der Waals surface area contributed by atoms with E-state index < -0.39 is 18.0 Å². The van der Waals surface area contributed by atoms with Crippen LogP contribution in [0.4, 0.5) is 0 Å². The first-order valence-corrected chi connectivity index (χ1v) is 6.55. The predicted octanol–water partition coefficient (Wildman–Crippen LogP) is 0.677. The van der Waals surface area contributed by atoms with Gasteiger partial charge in [0.1, 0.15) is 0 Å². The third-order valence-corrected chi connectivity index (χ3v) is 3.02. The van der Waals surface area contributed by atoms with E-state index in [4.69, 9.17) is 19.3 Å². The summed E-state index contributed by atoms with van der Waals surface area (Å²) in [5.74, 6) is -0.406. The Kier molecular flexibility index (Phi) is 4.99. The van der Waals surface area contributed by atoms with Gasteiger partial charge >= 0.3 is 5.97 Å². The van der Waals surface area contributed by atoms with E-state index >= 15 is 0 Å². The van der Waals surface area contributed by atoms with Crippen LogP contribution in [-0.2, 0) is 9.53 Å². The first-order chi connectivity index (χ1) is 10.1. The van der Waals surface area contributed by atoms with Crippen molar-refractivity contribution in [3.8, 4) is 11.5 Å². The van der Waals surface area contributed by atoms with Gasteiger partial charge in [-0.25, -0.2) is 4.79 Å². The molecule has 1 atom stereocenters. The lowest BCUT2D eigenvalue weighted by Crippen LogP contribution is -2.37. The maximum Gasteiger partial charge on any atom is 0.334 e. The van der Waals surface area contributed by atoms with E-state index in [0.29, 0.717) is 30.3 Å². The van der Waals surface area contributed by atoms with Gasteiger partial charge in [-0.05, 0) is 18.2 Å². The Labute approximate surface area is 121 Å². The molecule has 1 heterocycles. The molecule has 0 aliphatic carbocycles. The fourth-order valence-electron chi connectivity index (χ4n) is 1.86. The van der Waals surface area contributed by atoms with E-state index in [1.807, 2.05) is 0 Å². The second-order valence-corrected chi connectivity index (χ2v) is 4.48. The highest BCUT2D eigenvalue weighted by Gasteiger charge is 2.19. The summed E-state index contributed by atoms with van der Waals surface area (Å²) in [5.41, 5.74) is 0.375. The molecule has 1 aliphatic heterocycles. The summed E-state index contributed by atoms with van der Waals surface area (Å²) in [5, 5.41) is 11.3. The van der Waals surface area contributed by atoms with Gasteiger partial charge in [-0.15, -0.1) is 0 Å². The zero-order valence-electron chi connectivity index (χ0n) is 11.6. The average molecular weight is 295 g/mol. The Bertz CT molecular complexity index is 530. The minimum Gasteiger partial charge on any atom is -0.490 e. The smallest absolute Gasteiger partial charge is 0.334 e. The van der Waals surface area contributed by atoms with Crippen molar-refractivity contribution in [2.75, 3.05) is 26.9 Å². The lowest BCUT2D eigenvalue weighted by molar-refractivity contribution is -0.148. The molecule has 2 N–H and O–H groups in total. The summed E-state index contributed by atoms with van der Waals surface area (Å²) in [6, 6.07) is 4.85. The Morgan fingerprint density at radius 3 is 2.71 bits per heavy atom. The monoisotopic (exact) mass is 295 g/mol. The van der Waals surface area contributed by atoms with E-state index in [-0.39, 0.29) is 6.54 Å². The average Bonchev–Trinajstić information content (AvgIpc) is 2.71. The maximum atomic E-state index is 12.0. The first kappa shape index (κ1) is 15.1. The van der Waals surface area contributed by atoms with Crippen LogP contribution in [0.25, 0.3) is 0 Å². The third kappa shape index (κ3) is 3.85. The second kappa shape index (κ2) is 6.94. The number of hydrogen-bond acceptors (Lipinski definition) is 5. The molecule has 0 fully saturated rings. The Hall–Kier alpha value is -2.28. The standard InChI is InChI=1S/C14H17NO6/c1-19-12(14(17)18)8-15-13(16)9-3-4-10-11(7-9)21-6-2-5-20-10/h3-4,7,12H,2,5-6,8H2,1H3,(H,15,16)(H,17,18). The number of rotatable bonds is 5. The number of carboxylic acids is 1. The summed E-state index contributed by atoms with van der Waals surface area (Å²) < 4.78 is 15.7. The Morgan fingerprint density at radius 2 is 2.05 bits per heavy atom. The van der Waals surface area contributed by atoms with Gasteiger partial charge < -0.3 is 24.6 Å². The lowest BCUT2D eigenvalue weighted by Gasteiger charge is -2.12. The SMILES string of the molecule is COC(CNC(=O)c1ccc2c(c1)OCCCO2)C(=O)O. The highest BCUT2D eigenvalue weighted by molar-refractivity contribution is 5.95. The van der Waals surface area contributed by atoms with Crippen molar-refractivity contribution in [3.05, 3.63) is 23.8 Å². The molecule has 1 amide bonds. The molecule has 114 valence electrons. The number of benzene rings is 1. The molecule has 0 saturated carbocycles. The largest absolute Gasteiger partial charge is 0.490 e. The van der Waals surface area contributed by atoms with Crippen LogP contribution in [0.15, 0.2) is 18.2 Å². The number of nitrogens with one attached hydrogen (secondary N) is 1. The number of carbonyl (C=O) groups excluding carboxylic acids is 1. The molecule has 7 heteroatoms. The summed E-state index contributed by atoms with van der Waals surface area (Å²) in [6.07, 6.45) is -0.293. The Balaban J connectivity index is 2.02. The van der Waals surface area contributed by atoms with Crippen LogP contribution in [0.1, 0.15) is 16.8 Å². The van der Waals surface area contributed by atoms with Crippen LogP contribution < -0.4 is 14.8 Å². The van der Waals surface area contributed by atoms with Gasteiger partial charge in [-0.1, -0.05) is 0 Å². The van der Waals surface area contributed by atoms with E-state index in [9.17, 15) is 9.59 Å². The highest BCUT2D eigenvalue weighted by Crippen LogP contribution is 2.30. The van der Waals surface area contributed by atoms with Crippen molar-refractivity contribution >= 4 is 11.9 Å². The molecular weight excluding hydrogens is 278 g/mol. The molecule has 21 heavy (non-hydrogen) atoms. The highest BCUT2D eigenvalue weighted by atomic mass is 16.5. The van der Waals surface area contributed by atoms with Crippen molar-refractivity contribution in [2.24, 2.45) is 0 Å². The van der Waals surface area contributed by atoms with Crippen LogP contribution in [0.3, 0.4) is 0 Å². The molecule has 1 unspecified atom stereocenters. The van der Waals surface area contributed by atoms with Crippen LogP contribution in [0, 0.1) is 0 Å². The molecule has 1 aliphatic rings. The summed E-state index contributed by atoms with van der Waals surface area (Å²) in [7, 11) is 1.28. The van der Waals surface area contributed by atoms with E-state index in [2.05, 4.69) is 5.32 Å². The van der Waals surface area contributed by atoms with Gasteiger partial charge in [0.25, 0.3) is 5.91 Å². The molecular formula is C14H17NO6. The Morgan fingerprint density at radius 1 is 1.33 bits per heavy atom. The predicted molar refractivity (Wildman–Crippen MR) is 72.8 cm³/mol. The van der Waals surface area contributed by atoms with Gasteiger partial charge in [0, 0.05) is 19.1 Å². The minimum atomic E-state index is -1.13. The summed E-state index contributed by atoms with van der Waals surface area (Å²) in [4.78, 5) is 22.8. The van der Waals surface area contributed by atoms with Crippen LogP contribution >= 0.6 is 0 Å². The van der Waals surface area contributed by atoms with Crippen molar-refractivity contribution < 1.29 is 28.9 Å². The zero-order chi connectivity index (χ0) is 15.2. The van der Waals surface area contributed by atoms with Crippen molar-refractivity contribution in [1.29, 1.82) is 0 Å². The summed E-state index contributed by atoms with van der Waals surface area (Å²) >= 11 is 0. The van der Waals surface area contributed by atoms with E-state index in [0.717, 1.165) is 6.42 Å². The molecule has 7 nitrogen and oxygen atoms in total. The third-order valence-electron chi connectivity index (χ3n) is 3.02. The van der Waals surface area contributed by atoms with Gasteiger partial charge in [0.2, 0.25) is 0 Å². The van der Waals surface area contributed by atoms with Crippen LogP contribution in [0.5, 0.6) is 11.5 Å². The number of methoxy groups -OCH3 is 1. The van der Waals surface area contributed by atoms with Gasteiger partial charge in [0.15, 0.2) is 17.6 Å².